The van der Waals surface area contributed by atoms with Crippen molar-refractivity contribution < 1.29 is 9.90 Å². The van der Waals surface area contributed by atoms with Crippen molar-refractivity contribution in [1.29, 1.82) is 0 Å². The van der Waals surface area contributed by atoms with Gasteiger partial charge in [0.1, 0.15) is 17.2 Å². The van der Waals surface area contributed by atoms with E-state index in [1.165, 1.54) is 4.68 Å². The van der Waals surface area contributed by atoms with Gasteiger partial charge in [-0.3, -0.25) is 0 Å². The first kappa shape index (κ1) is 11.8. The van der Waals surface area contributed by atoms with Crippen molar-refractivity contribution >= 4 is 5.97 Å². The van der Waals surface area contributed by atoms with Crippen LogP contribution in [-0.2, 0) is 12.8 Å². The molecule has 2 heterocycles. The van der Waals surface area contributed by atoms with Crippen molar-refractivity contribution in [2.75, 3.05) is 0 Å². The van der Waals surface area contributed by atoms with E-state index >= 15 is 0 Å². The molecular weight excluding hydrogens is 244 g/mol. The van der Waals surface area contributed by atoms with E-state index in [0.29, 0.717) is 17.5 Å². The van der Waals surface area contributed by atoms with Gasteiger partial charge >= 0.3 is 5.97 Å². The summed E-state index contributed by atoms with van der Waals surface area (Å²) in [5.74, 6) is 0.637. The van der Waals surface area contributed by atoms with E-state index in [9.17, 15) is 9.90 Å². The molecule has 1 aliphatic rings. The Hall–Kier alpha value is -2.24. The largest absolute Gasteiger partial charge is 0.478 e. The van der Waals surface area contributed by atoms with Crippen LogP contribution >= 0.6 is 0 Å². The standard InChI is InChI=1S/C13H14N4O2/c1-7-14-8(2)17(16-7)12-10(13(18)19)6-9-4-3-5-11(9)15-12/h6H,3-5H2,1-2H3,(H,18,19). The lowest BCUT2D eigenvalue weighted by atomic mass is 10.1. The number of hydrogen-bond donors (Lipinski definition) is 1. The zero-order valence-corrected chi connectivity index (χ0v) is 10.8. The normalized spacial score (nSPS) is 13.6. The summed E-state index contributed by atoms with van der Waals surface area (Å²) in [5.41, 5.74) is 2.21. The molecule has 3 rings (SSSR count). The van der Waals surface area contributed by atoms with E-state index in [0.717, 1.165) is 30.5 Å². The average Bonchev–Trinajstić information content (AvgIpc) is 2.92. The van der Waals surface area contributed by atoms with Gasteiger partial charge in [0, 0.05) is 5.69 Å². The first-order valence-electron chi connectivity index (χ1n) is 6.23. The van der Waals surface area contributed by atoms with Crippen molar-refractivity contribution in [2.24, 2.45) is 0 Å². The molecule has 0 bridgehead atoms. The SMILES string of the molecule is Cc1nc(C)n(-c2nc3c(cc2C(=O)O)CCC3)n1. The quantitative estimate of drug-likeness (QED) is 0.882. The van der Waals surface area contributed by atoms with Gasteiger partial charge < -0.3 is 5.11 Å². The average molecular weight is 258 g/mol. The second kappa shape index (κ2) is 4.15. The number of aromatic carboxylic acids is 1. The van der Waals surface area contributed by atoms with Crippen LogP contribution in [0.1, 0.15) is 39.7 Å². The molecule has 1 N–H and O–H groups in total. The van der Waals surface area contributed by atoms with E-state index in [-0.39, 0.29) is 5.56 Å². The molecular formula is C13H14N4O2. The Morgan fingerprint density at radius 2 is 2.11 bits per heavy atom. The zero-order chi connectivity index (χ0) is 13.6. The van der Waals surface area contributed by atoms with Crippen LogP contribution < -0.4 is 0 Å². The molecule has 0 aromatic carbocycles. The van der Waals surface area contributed by atoms with Gasteiger partial charge in [-0.25, -0.2) is 14.8 Å². The van der Waals surface area contributed by atoms with Gasteiger partial charge in [-0.05, 0) is 44.7 Å². The van der Waals surface area contributed by atoms with Crippen molar-refractivity contribution in [3.63, 3.8) is 0 Å². The van der Waals surface area contributed by atoms with Crippen LogP contribution in [-0.4, -0.2) is 30.8 Å². The van der Waals surface area contributed by atoms with E-state index < -0.39 is 5.97 Å². The van der Waals surface area contributed by atoms with Crippen molar-refractivity contribution in [3.05, 3.63) is 34.5 Å². The number of carboxylic acid groups (broad SMARTS) is 1. The Morgan fingerprint density at radius 1 is 1.32 bits per heavy atom. The highest BCUT2D eigenvalue weighted by Gasteiger charge is 2.22. The number of fused-ring (bicyclic) bond motifs is 1. The zero-order valence-electron chi connectivity index (χ0n) is 10.8. The number of nitrogens with zero attached hydrogens (tertiary/aromatic N) is 4. The molecule has 0 radical (unpaired) electrons. The molecule has 0 unspecified atom stereocenters. The number of aromatic nitrogens is 4. The third-order valence-electron chi connectivity index (χ3n) is 3.34. The van der Waals surface area contributed by atoms with Crippen molar-refractivity contribution in [3.8, 4) is 5.82 Å². The summed E-state index contributed by atoms with van der Waals surface area (Å²) in [4.78, 5) is 20.1. The number of carbonyl (C=O) groups is 1. The second-order valence-corrected chi connectivity index (χ2v) is 4.74. The Morgan fingerprint density at radius 3 is 2.74 bits per heavy atom. The van der Waals surface area contributed by atoms with Gasteiger partial charge in [0.15, 0.2) is 5.82 Å². The van der Waals surface area contributed by atoms with Crippen LogP contribution in [0, 0.1) is 13.8 Å². The first-order valence-corrected chi connectivity index (χ1v) is 6.23. The smallest absolute Gasteiger partial charge is 0.339 e. The lowest BCUT2D eigenvalue weighted by Crippen LogP contribution is -2.12. The maximum absolute atomic E-state index is 11.4. The number of hydrogen-bond acceptors (Lipinski definition) is 4. The molecule has 98 valence electrons. The first-order chi connectivity index (χ1) is 9.06. The van der Waals surface area contributed by atoms with E-state index in [4.69, 9.17) is 0 Å². The maximum Gasteiger partial charge on any atom is 0.339 e. The van der Waals surface area contributed by atoms with Crippen molar-refractivity contribution in [1.82, 2.24) is 19.7 Å². The molecule has 0 spiro atoms. The minimum absolute atomic E-state index is 0.189. The summed E-state index contributed by atoms with van der Waals surface area (Å²) in [6.07, 6.45) is 2.83. The van der Waals surface area contributed by atoms with E-state index in [2.05, 4.69) is 15.1 Å². The van der Waals surface area contributed by atoms with Gasteiger partial charge in [-0.1, -0.05) is 0 Å². The predicted molar refractivity (Wildman–Crippen MR) is 67.6 cm³/mol. The van der Waals surface area contributed by atoms with Gasteiger partial charge in [-0.15, -0.1) is 5.10 Å². The van der Waals surface area contributed by atoms with E-state index in [1.807, 2.05) is 0 Å². The number of pyridine rings is 1. The molecule has 6 nitrogen and oxygen atoms in total. The van der Waals surface area contributed by atoms with E-state index in [1.54, 1.807) is 19.9 Å². The fourth-order valence-corrected chi connectivity index (χ4v) is 2.50. The fourth-order valence-electron chi connectivity index (χ4n) is 2.50. The molecule has 2 aromatic rings. The second-order valence-electron chi connectivity index (χ2n) is 4.74. The van der Waals surface area contributed by atoms with Crippen LogP contribution in [0.15, 0.2) is 6.07 Å². The molecule has 0 atom stereocenters. The van der Waals surface area contributed by atoms with Crippen LogP contribution in [0.4, 0.5) is 0 Å². The third kappa shape index (κ3) is 1.89. The highest BCUT2D eigenvalue weighted by molar-refractivity contribution is 5.91. The summed E-state index contributed by atoms with van der Waals surface area (Å²) < 4.78 is 1.51. The molecule has 0 amide bonds. The summed E-state index contributed by atoms with van der Waals surface area (Å²) >= 11 is 0. The Kier molecular flexibility index (Phi) is 2.58. The lowest BCUT2D eigenvalue weighted by molar-refractivity contribution is 0.0696. The molecule has 6 heteroatoms. The summed E-state index contributed by atoms with van der Waals surface area (Å²) in [6.45, 7) is 3.57. The molecule has 0 aliphatic heterocycles. The van der Waals surface area contributed by atoms with Gasteiger partial charge in [0.2, 0.25) is 0 Å². The van der Waals surface area contributed by atoms with Gasteiger partial charge in [0.05, 0.1) is 0 Å². The van der Waals surface area contributed by atoms with Gasteiger partial charge in [-0.2, -0.15) is 4.68 Å². The lowest BCUT2D eigenvalue weighted by Gasteiger charge is -2.09. The van der Waals surface area contributed by atoms with Crippen LogP contribution in [0.25, 0.3) is 5.82 Å². The third-order valence-corrected chi connectivity index (χ3v) is 3.34. The molecule has 0 saturated heterocycles. The monoisotopic (exact) mass is 258 g/mol. The van der Waals surface area contributed by atoms with Crippen LogP contribution in [0.5, 0.6) is 0 Å². The number of rotatable bonds is 2. The Bertz CT molecular complexity index is 676. The van der Waals surface area contributed by atoms with Crippen molar-refractivity contribution in [2.45, 2.75) is 33.1 Å². The molecule has 1 aliphatic carbocycles. The number of carboxylic acids is 1. The Balaban J connectivity index is 2.25. The molecule has 2 aromatic heterocycles. The minimum atomic E-state index is -0.982. The summed E-state index contributed by atoms with van der Waals surface area (Å²) in [5, 5.41) is 13.6. The van der Waals surface area contributed by atoms with Gasteiger partial charge in [0.25, 0.3) is 0 Å². The highest BCUT2D eigenvalue weighted by atomic mass is 16.4. The van der Waals surface area contributed by atoms with Crippen LogP contribution in [0.3, 0.4) is 0 Å². The highest BCUT2D eigenvalue weighted by Crippen LogP contribution is 2.25. The number of aryl methyl sites for hydroxylation is 4. The predicted octanol–water partition coefficient (Wildman–Crippen LogP) is 1.47. The molecule has 0 fully saturated rings. The molecule has 0 saturated carbocycles. The van der Waals surface area contributed by atoms with Crippen LogP contribution in [0.2, 0.25) is 0 Å². The summed E-state index contributed by atoms with van der Waals surface area (Å²) in [6, 6.07) is 1.73. The topological polar surface area (TPSA) is 80.9 Å². The summed E-state index contributed by atoms with van der Waals surface area (Å²) in [7, 11) is 0. The Labute approximate surface area is 110 Å². The fraction of sp³-hybridized carbons (Fsp3) is 0.385. The molecule has 19 heavy (non-hydrogen) atoms. The minimum Gasteiger partial charge on any atom is -0.478 e. The maximum atomic E-state index is 11.4.